The highest BCUT2D eigenvalue weighted by molar-refractivity contribution is 5.97. The van der Waals surface area contributed by atoms with Crippen molar-refractivity contribution in [2.75, 3.05) is 0 Å². The van der Waals surface area contributed by atoms with Crippen molar-refractivity contribution in [3.63, 3.8) is 0 Å². The van der Waals surface area contributed by atoms with Gasteiger partial charge in [0.1, 0.15) is 11.3 Å². The van der Waals surface area contributed by atoms with Crippen LogP contribution in [0.2, 0.25) is 0 Å². The van der Waals surface area contributed by atoms with Crippen molar-refractivity contribution in [1.29, 1.82) is 0 Å². The van der Waals surface area contributed by atoms with Crippen LogP contribution in [0.4, 0.5) is 0 Å². The smallest absolute Gasteiger partial charge is 0.139 e. The third-order valence-electron chi connectivity index (χ3n) is 6.80. The molecule has 0 saturated heterocycles. The Morgan fingerprint density at radius 1 is 0.774 bits per heavy atom. The number of benzene rings is 3. The Hall–Kier alpha value is -3.39. The summed E-state index contributed by atoms with van der Waals surface area (Å²) in [5.41, 5.74) is 9.22. The van der Waals surface area contributed by atoms with Crippen LogP contribution in [0.1, 0.15) is 50.3 Å². The molecule has 0 atom stereocenters. The molecule has 5 aromatic rings. The largest absolute Gasteiger partial charge is 0.456 e. The number of rotatable bonds is 2. The van der Waals surface area contributed by atoms with Gasteiger partial charge in [0, 0.05) is 32.9 Å². The number of hydrogen-bond acceptors (Lipinski definition) is 2. The molecule has 2 heterocycles. The number of furan rings is 1. The molecule has 0 aliphatic heterocycles. The van der Waals surface area contributed by atoms with Crippen molar-refractivity contribution in [3.8, 4) is 22.6 Å². The maximum Gasteiger partial charge on any atom is 0.139 e. The van der Waals surface area contributed by atoms with Gasteiger partial charge >= 0.3 is 0 Å². The second-order valence-electron chi connectivity index (χ2n) is 9.42. The molecular weight excluding hydrogens is 378 g/mol. The summed E-state index contributed by atoms with van der Waals surface area (Å²) in [6.45, 7) is 9.14. The van der Waals surface area contributed by atoms with Crippen molar-refractivity contribution in [3.05, 3.63) is 89.5 Å². The van der Waals surface area contributed by atoms with Gasteiger partial charge in [-0.05, 0) is 35.2 Å². The van der Waals surface area contributed by atoms with Gasteiger partial charge in [0.15, 0.2) is 0 Å². The van der Waals surface area contributed by atoms with Crippen LogP contribution < -0.4 is 0 Å². The van der Waals surface area contributed by atoms with E-state index in [-0.39, 0.29) is 5.41 Å². The molecule has 0 bridgehead atoms. The third kappa shape index (κ3) is 2.48. The lowest BCUT2D eigenvalue weighted by molar-refractivity contribution is 0.619. The Morgan fingerprint density at radius 2 is 1.48 bits per heavy atom. The zero-order valence-corrected chi connectivity index (χ0v) is 18.4. The highest BCUT2D eigenvalue weighted by atomic mass is 16.3. The Kier molecular flexibility index (Phi) is 3.74. The van der Waals surface area contributed by atoms with Gasteiger partial charge < -0.3 is 4.42 Å². The van der Waals surface area contributed by atoms with Gasteiger partial charge in [-0.25, -0.2) is 4.98 Å². The molecule has 0 fully saturated rings. The Labute approximate surface area is 182 Å². The fourth-order valence-corrected chi connectivity index (χ4v) is 5.43. The van der Waals surface area contributed by atoms with E-state index in [0.717, 1.165) is 22.6 Å². The average molecular weight is 404 g/mol. The number of hydrogen-bond donors (Lipinski definition) is 0. The second-order valence-corrected chi connectivity index (χ2v) is 9.42. The van der Waals surface area contributed by atoms with Crippen molar-refractivity contribution < 1.29 is 4.42 Å². The lowest BCUT2D eigenvalue weighted by Gasteiger charge is -2.24. The quantitative estimate of drug-likeness (QED) is 0.298. The average Bonchev–Trinajstić information content (AvgIpc) is 3.27. The summed E-state index contributed by atoms with van der Waals surface area (Å²) in [5.74, 6) is 1.43. The standard InChI is InChI=1S/C29H25NO/c1-17(2)22-16-24(30-23-14-7-5-10-18(22)23)19-12-9-13-21-26(19)29(3,4)27-20-11-6-8-15-25(20)31-28(21)27/h5-17H,1-4H3. The topological polar surface area (TPSA) is 26.0 Å². The molecule has 0 amide bonds. The van der Waals surface area contributed by atoms with Gasteiger partial charge in [0.2, 0.25) is 0 Å². The van der Waals surface area contributed by atoms with Gasteiger partial charge in [0.05, 0.1) is 11.2 Å². The summed E-state index contributed by atoms with van der Waals surface area (Å²) in [6.07, 6.45) is 0. The number of para-hydroxylation sites is 2. The summed E-state index contributed by atoms with van der Waals surface area (Å²) in [6, 6.07) is 25.7. The minimum absolute atomic E-state index is 0.167. The van der Waals surface area contributed by atoms with Crippen molar-refractivity contribution in [2.24, 2.45) is 0 Å². The van der Waals surface area contributed by atoms with Crippen LogP contribution in [0.25, 0.3) is 44.5 Å². The summed E-state index contributed by atoms with van der Waals surface area (Å²) >= 11 is 0. The van der Waals surface area contributed by atoms with E-state index in [2.05, 4.69) is 94.4 Å². The van der Waals surface area contributed by atoms with Crippen LogP contribution in [-0.4, -0.2) is 4.98 Å². The van der Waals surface area contributed by atoms with Crippen LogP contribution in [0.15, 0.2) is 77.2 Å². The van der Waals surface area contributed by atoms with Gasteiger partial charge in [0.25, 0.3) is 0 Å². The molecule has 2 aromatic heterocycles. The van der Waals surface area contributed by atoms with Crippen molar-refractivity contribution in [1.82, 2.24) is 4.98 Å². The molecule has 0 spiro atoms. The Balaban J connectivity index is 1.66. The summed E-state index contributed by atoms with van der Waals surface area (Å²) in [5, 5.41) is 2.45. The van der Waals surface area contributed by atoms with Crippen molar-refractivity contribution >= 4 is 21.9 Å². The summed E-state index contributed by atoms with van der Waals surface area (Å²) in [7, 11) is 0. The zero-order valence-electron chi connectivity index (χ0n) is 18.4. The van der Waals surface area contributed by atoms with Gasteiger partial charge in [-0.15, -0.1) is 0 Å². The molecule has 0 N–H and O–H groups in total. The maximum atomic E-state index is 6.38. The Morgan fingerprint density at radius 3 is 2.29 bits per heavy atom. The predicted octanol–water partition coefficient (Wildman–Crippen LogP) is 8.08. The maximum absolute atomic E-state index is 6.38. The molecule has 1 aliphatic carbocycles. The van der Waals surface area contributed by atoms with Gasteiger partial charge in [-0.1, -0.05) is 82.3 Å². The molecule has 3 aromatic carbocycles. The van der Waals surface area contributed by atoms with Crippen LogP contribution >= 0.6 is 0 Å². The minimum atomic E-state index is -0.167. The molecule has 6 rings (SSSR count). The number of fused-ring (bicyclic) bond motifs is 6. The first-order valence-electron chi connectivity index (χ1n) is 11.0. The first kappa shape index (κ1) is 18.4. The first-order valence-corrected chi connectivity index (χ1v) is 11.0. The molecule has 2 heteroatoms. The molecule has 0 radical (unpaired) electrons. The number of pyridine rings is 1. The van der Waals surface area contributed by atoms with E-state index in [4.69, 9.17) is 9.40 Å². The molecule has 2 nitrogen and oxygen atoms in total. The number of aromatic nitrogens is 1. The second kappa shape index (κ2) is 6.31. The molecule has 0 saturated carbocycles. The van der Waals surface area contributed by atoms with Crippen molar-refractivity contribution in [2.45, 2.75) is 39.0 Å². The lowest BCUT2D eigenvalue weighted by atomic mass is 9.78. The fourth-order valence-electron chi connectivity index (χ4n) is 5.43. The van der Waals surface area contributed by atoms with Gasteiger partial charge in [-0.3, -0.25) is 0 Å². The van der Waals surface area contributed by atoms with E-state index in [1.54, 1.807) is 0 Å². The molecule has 1 aliphatic rings. The highest BCUT2D eigenvalue weighted by Gasteiger charge is 2.42. The SMILES string of the molecule is CC(C)c1cc(-c2cccc3c2C(C)(C)c2c-3oc3ccccc23)nc2ccccc12. The fraction of sp³-hybridized carbons (Fsp3) is 0.207. The normalized spacial score (nSPS) is 14.4. The monoisotopic (exact) mass is 403 g/mol. The van der Waals surface area contributed by atoms with E-state index in [0.29, 0.717) is 5.92 Å². The molecule has 31 heavy (non-hydrogen) atoms. The van der Waals surface area contributed by atoms with E-state index in [1.807, 2.05) is 6.07 Å². The summed E-state index contributed by atoms with van der Waals surface area (Å²) < 4.78 is 6.38. The molecule has 0 unspecified atom stereocenters. The minimum Gasteiger partial charge on any atom is -0.456 e. The molecular formula is C29H25NO. The van der Waals surface area contributed by atoms with Crippen LogP contribution in [0.3, 0.4) is 0 Å². The van der Waals surface area contributed by atoms with E-state index in [1.165, 1.54) is 38.6 Å². The van der Waals surface area contributed by atoms with Gasteiger partial charge in [-0.2, -0.15) is 0 Å². The Bertz CT molecular complexity index is 1490. The zero-order chi connectivity index (χ0) is 21.3. The lowest BCUT2D eigenvalue weighted by Crippen LogP contribution is -2.16. The number of nitrogens with zero attached hydrogens (tertiary/aromatic N) is 1. The summed E-state index contributed by atoms with van der Waals surface area (Å²) in [4.78, 5) is 5.11. The van der Waals surface area contributed by atoms with E-state index in [9.17, 15) is 0 Å². The highest BCUT2D eigenvalue weighted by Crippen LogP contribution is 2.55. The third-order valence-corrected chi connectivity index (χ3v) is 6.80. The van der Waals surface area contributed by atoms with Crippen LogP contribution in [-0.2, 0) is 5.41 Å². The van der Waals surface area contributed by atoms with Crippen LogP contribution in [0.5, 0.6) is 0 Å². The van der Waals surface area contributed by atoms with E-state index < -0.39 is 0 Å². The van der Waals surface area contributed by atoms with Crippen LogP contribution in [0, 0.1) is 0 Å². The first-order chi connectivity index (χ1) is 15.0. The molecule has 152 valence electrons. The van der Waals surface area contributed by atoms with E-state index >= 15 is 0 Å². The predicted molar refractivity (Wildman–Crippen MR) is 129 cm³/mol.